The van der Waals surface area contributed by atoms with Crippen LogP contribution in [0.1, 0.15) is 19.4 Å². The lowest BCUT2D eigenvalue weighted by Crippen LogP contribution is -2.39. The van der Waals surface area contributed by atoms with Gasteiger partial charge >= 0.3 is 11.9 Å². The topological polar surface area (TPSA) is 157 Å². The molecule has 0 heterocycles. The first-order chi connectivity index (χ1) is 13.1. The van der Waals surface area contributed by atoms with Crippen molar-refractivity contribution in [1.29, 1.82) is 0 Å². The standard InChI is InChI=1S/C15H23NO2.C4H6O6/c1-4-7-13-8-5-6-9-15(13)18-11-14(17)10-16-12(2)3;5-1(3(7)8)2(6)4(9)10/h4-6,8-9,12,14,16-17H,1,7,10-11H2,2-3H3;1-2,5-6H,(H,7,8)(H,9,10)/t;1-,2-/m.1/s1. The Balaban J connectivity index is 0.000000621. The van der Waals surface area contributed by atoms with Gasteiger partial charge in [-0.1, -0.05) is 38.1 Å². The van der Waals surface area contributed by atoms with Gasteiger partial charge in [0.1, 0.15) is 18.5 Å². The fourth-order valence-corrected chi connectivity index (χ4v) is 1.86. The fraction of sp³-hybridized carbons (Fsp3) is 0.474. The molecule has 0 saturated heterocycles. The van der Waals surface area contributed by atoms with E-state index in [1.165, 1.54) is 0 Å². The van der Waals surface area contributed by atoms with Gasteiger partial charge in [0.25, 0.3) is 0 Å². The Labute approximate surface area is 163 Å². The zero-order valence-electron chi connectivity index (χ0n) is 16.0. The van der Waals surface area contributed by atoms with Gasteiger partial charge in [-0.15, -0.1) is 6.58 Å². The molecule has 9 nitrogen and oxygen atoms in total. The number of hydrogen-bond acceptors (Lipinski definition) is 7. The number of rotatable bonds is 11. The molecule has 0 spiro atoms. The molecule has 1 unspecified atom stereocenters. The molecular weight excluding hydrogens is 370 g/mol. The van der Waals surface area contributed by atoms with Crippen molar-refractivity contribution in [3.63, 3.8) is 0 Å². The van der Waals surface area contributed by atoms with Gasteiger partial charge in [0.05, 0.1) is 0 Å². The van der Waals surface area contributed by atoms with E-state index in [2.05, 4.69) is 11.9 Å². The third-order valence-corrected chi connectivity index (χ3v) is 3.33. The molecule has 3 atom stereocenters. The van der Waals surface area contributed by atoms with Crippen LogP contribution in [0.2, 0.25) is 0 Å². The molecule has 158 valence electrons. The first kappa shape index (κ1) is 25.5. The quantitative estimate of drug-likeness (QED) is 0.283. The minimum Gasteiger partial charge on any atom is -0.491 e. The molecular formula is C19H29NO8. The second-order valence-electron chi connectivity index (χ2n) is 6.19. The van der Waals surface area contributed by atoms with Crippen molar-refractivity contribution in [3.8, 4) is 5.75 Å². The van der Waals surface area contributed by atoms with Crippen LogP contribution in [0.4, 0.5) is 0 Å². The van der Waals surface area contributed by atoms with Crippen LogP contribution in [-0.4, -0.2) is 75.0 Å². The number of aliphatic hydroxyl groups is 3. The summed E-state index contributed by atoms with van der Waals surface area (Å²) < 4.78 is 5.65. The summed E-state index contributed by atoms with van der Waals surface area (Å²) in [5, 5.41) is 45.5. The SMILES string of the molecule is C=CCc1ccccc1OCC(O)CNC(C)C.O=C(O)[C@H](O)[C@@H](O)C(=O)O. The highest BCUT2D eigenvalue weighted by atomic mass is 16.5. The van der Waals surface area contributed by atoms with Gasteiger partial charge in [-0.2, -0.15) is 0 Å². The van der Waals surface area contributed by atoms with Crippen molar-refractivity contribution >= 4 is 11.9 Å². The molecule has 0 aliphatic carbocycles. The lowest BCUT2D eigenvalue weighted by Gasteiger charge is -2.16. The van der Waals surface area contributed by atoms with Crippen molar-refractivity contribution in [2.75, 3.05) is 13.2 Å². The first-order valence-electron chi connectivity index (χ1n) is 8.64. The molecule has 0 saturated carbocycles. The molecule has 0 aromatic heterocycles. The van der Waals surface area contributed by atoms with Crippen LogP contribution in [-0.2, 0) is 16.0 Å². The largest absolute Gasteiger partial charge is 0.491 e. The Kier molecular flexibility index (Phi) is 12.5. The Bertz CT molecular complexity index is 602. The molecule has 0 fully saturated rings. The van der Waals surface area contributed by atoms with Crippen LogP contribution >= 0.6 is 0 Å². The van der Waals surface area contributed by atoms with E-state index in [0.29, 0.717) is 19.2 Å². The average molecular weight is 399 g/mol. The van der Waals surface area contributed by atoms with E-state index in [1.54, 1.807) is 0 Å². The van der Waals surface area contributed by atoms with E-state index in [0.717, 1.165) is 17.7 Å². The molecule has 0 bridgehead atoms. The van der Waals surface area contributed by atoms with Crippen LogP contribution in [0, 0.1) is 0 Å². The van der Waals surface area contributed by atoms with Crippen LogP contribution < -0.4 is 10.1 Å². The Morgan fingerprint density at radius 3 is 2.11 bits per heavy atom. The minimum atomic E-state index is -2.27. The zero-order valence-corrected chi connectivity index (χ0v) is 16.0. The van der Waals surface area contributed by atoms with Crippen LogP contribution in [0.3, 0.4) is 0 Å². The van der Waals surface area contributed by atoms with Gasteiger partial charge in [0, 0.05) is 12.6 Å². The molecule has 28 heavy (non-hydrogen) atoms. The number of aliphatic hydroxyl groups excluding tert-OH is 3. The minimum absolute atomic E-state index is 0.299. The summed E-state index contributed by atoms with van der Waals surface area (Å²) in [6.45, 7) is 8.67. The van der Waals surface area contributed by atoms with E-state index in [4.69, 9.17) is 25.2 Å². The highest BCUT2D eigenvalue weighted by molar-refractivity contribution is 5.83. The molecule has 0 aliphatic heterocycles. The normalized spacial score (nSPS) is 13.6. The van der Waals surface area contributed by atoms with Crippen molar-refractivity contribution in [2.24, 2.45) is 0 Å². The van der Waals surface area contributed by atoms with E-state index in [-0.39, 0.29) is 0 Å². The number of allylic oxidation sites excluding steroid dienone is 1. The zero-order chi connectivity index (χ0) is 21.7. The summed E-state index contributed by atoms with van der Waals surface area (Å²) >= 11 is 0. The number of benzene rings is 1. The van der Waals surface area contributed by atoms with Gasteiger partial charge in [0.2, 0.25) is 0 Å². The van der Waals surface area contributed by atoms with Crippen molar-refractivity contribution in [2.45, 2.75) is 44.6 Å². The van der Waals surface area contributed by atoms with E-state index in [9.17, 15) is 14.7 Å². The maximum absolute atomic E-state index is 9.77. The van der Waals surface area contributed by atoms with Crippen molar-refractivity contribution in [3.05, 3.63) is 42.5 Å². The Hall–Kier alpha value is -2.46. The van der Waals surface area contributed by atoms with E-state index < -0.39 is 30.3 Å². The molecule has 1 rings (SSSR count). The predicted octanol–water partition coefficient (Wildman–Crippen LogP) is 0.0302. The summed E-state index contributed by atoms with van der Waals surface area (Å²) in [6, 6.07) is 8.20. The molecule has 9 heteroatoms. The molecule has 0 radical (unpaired) electrons. The molecule has 0 amide bonds. The second-order valence-corrected chi connectivity index (χ2v) is 6.19. The third-order valence-electron chi connectivity index (χ3n) is 3.33. The van der Waals surface area contributed by atoms with Crippen LogP contribution in [0.25, 0.3) is 0 Å². The number of nitrogens with one attached hydrogen (secondary N) is 1. The number of aliphatic carboxylic acids is 2. The lowest BCUT2D eigenvalue weighted by molar-refractivity contribution is -0.165. The summed E-state index contributed by atoms with van der Waals surface area (Å²) in [5.74, 6) is -2.72. The van der Waals surface area contributed by atoms with Crippen LogP contribution in [0.15, 0.2) is 36.9 Å². The van der Waals surface area contributed by atoms with Gasteiger partial charge in [-0.05, 0) is 18.1 Å². The Morgan fingerprint density at radius 2 is 1.64 bits per heavy atom. The average Bonchev–Trinajstić information content (AvgIpc) is 2.65. The lowest BCUT2D eigenvalue weighted by atomic mass is 10.1. The summed E-state index contributed by atoms with van der Waals surface area (Å²) in [6.07, 6.45) is -2.41. The van der Waals surface area contributed by atoms with E-state index in [1.807, 2.05) is 44.2 Å². The molecule has 6 N–H and O–H groups in total. The Morgan fingerprint density at radius 1 is 1.11 bits per heavy atom. The number of carboxylic acids is 2. The van der Waals surface area contributed by atoms with E-state index >= 15 is 0 Å². The van der Waals surface area contributed by atoms with Crippen LogP contribution in [0.5, 0.6) is 5.75 Å². The number of carbonyl (C=O) groups is 2. The maximum atomic E-state index is 9.77. The van der Waals surface area contributed by atoms with Gasteiger partial charge < -0.3 is 35.6 Å². The highest BCUT2D eigenvalue weighted by Gasteiger charge is 2.29. The fourth-order valence-electron chi connectivity index (χ4n) is 1.86. The number of para-hydroxylation sites is 1. The number of ether oxygens (including phenoxy) is 1. The highest BCUT2D eigenvalue weighted by Crippen LogP contribution is 2.18. The maximum Gasteiger partial charge on any atom is 0.335 e. The van der Waals surface area contributed by atoms with Gasteiger partial charge in [0.15, 0.2) is 12.2 Å². The second kappa shape index (κ2) is 13.7. The number of hydrogen-bond donors (Lipinski definition) is 6. The number of carboxylic acid groups (broad SMARTS) is 2. The summed E-state index contributed by atoms with van der Waals surface area (Å²) in [5.41, 5.74) is 1.09. The van der Waals surface area contributed by atoms with Gasteiger partial charge in [-0.3, -0.25) is 0 Å². The van der Waals surface area contributed by atoms with Crippen molar-refractivity contribution < 1.29 is 39.9 Å². The smallest absolute Gasteiger partial charge is 0.335 e. The van der Waals surface area contributed by atoms with Gasteiger partial charge in [-0.25, -0.2) is 9.59 Å². The first-order valence-corrected chi connectivity index (χ1v) is 8.64. The molecule has 0 aliphatic rings. The summed E-state index contributed by atoms with van der Waals surface area (Å²) in [4.78, 5) is 19.5. The van der Waals surface area contributed by atoms with Crippen molar-refractivity contribution in [1.82, 2.24) is 5.32 Å². The third kappa shape index (κ3) is 10.6. The molecule has 1 aromatic carbocycles. The monoisotopic (exact) mass is 399 g/mol. The summed E-state index contributed by atoms with van der Waals surface area (Å²) in [7, 11) is 0. The predicted molar refractivity (Wildman–Crippen MR) is 102 cm³/mol. The molecule has 1 aromatic rings.